The minimum atomic E-state index is -1.30. The van der Waals surface area contributed by atoms with E-state index in [9.17, 15) is 14.4 Å². The molecule has 1 heterocycles. The Bertz CT molecular complexity index is 1410. The number of hydrogen-bond donors (Lipinski definition) is 0. The van der Waals surface area contributed by atoms with Crippen LogP contribution >= 0.6 is 15.9 Å². The number of esters is 1. The summed E-state index contributed by atoms with van der Waals surface area (Å²) >= 11 is 3.35. The summed E-state index contributed by atoms with van der Waals surface area (Å²) in [4.78, 5) is 38.9. The average Bonchev–Trinajstić information content (AvgIpc) is 2.86. The summed E-state index contributed by atoms with van der Waals surface area (Å²) in [6.07, 6.45) is -1.30. The van der Waals surface area contributed by atoms with Crippen LogP contribution < -0.4 is 15.1 Å². The second-order valence-electron chi connectivity index (χ2n) is 7.28. The molecule has 0 aliphatic heterocycles. The van der Waals surface area contributed by atoms with Gasteiger partial charge in [0.25, 0.3) is 0 Å². The molecule has 0 fully saturated rings. The maximum Gasteiger partial charge on any atom is 0.351 e. The molecule has 8 heteroatoms. The first kappa shape index (κ1) is 23.3. The molecule has 4 aromatic rings. The molecule has 1 unspecified atom stereocenters. The van der Waals surface area contributed by atoms with Gasteiger partial charge in [-0.1, -0.05) is 28.1 Å². The van der Waals surface area contributed by atoms with Crippen LogP contribution in [0.5, 0.6) is 11.5 Å². The normalized spacial score (nSPS) is 11.6. The molecule has 172 valence electrons. The van der Waals surface area contributed by atoms with Gasteiger partial charge in [-0.05, 0) is 60.7 Å². The molecule has 0 saturated carbocycles. The molecule has 1 atom stereocenters. The fourth-order valence-corrected chi connectivity index (χ4v) is 3.74. The highest BCUT2D eigenvalue weighted by Gasteiger charge is 2.28. The van der Waals surface area contributed by atoms with Crippen LogP contribution in [0.25, 0.3) is 11.0 Å². The van der Waals surface area contributed by atoms with Crippen molar-refractivity contribution in [2.24, 2.45) is 0 Å². The van der Waals surface area contributed by atoms with E-state index < -0.39 is 23.5 Å². The second kappa shape index (κ2) is 9.93. The third-order valence-electron chi connectivity index (χ3n) is 5.17. The van der Waals surface area contributed by atoms with Crippen molar-refractivity contribution in [3.63, 3.8) is 0 Å². The molecule has 0 bridgehead atoms. The number of carbonyl (C=O) groups excluding carboxylic acids is 2. The van der Waals surface area contributed by atoms with E-state index in [1.165, 1.54) is 20.3 Å². The molecule has 0 radical (unpaired) electrons. The number of benzene rings is 3. The fraction of sp³-hybridized carbons (Fsp3) is 0.115. The zero-order valence-electron chi connectivity index (χ0n) is 18.2. The molecule has 34 heavy (non-hydrogen) atoms. The van der Waals surface area contributed by atoms with E-state index in [0.717, 1.165) is 4.47 Å². The fourth-order valence-electron chi connectivity index (χ4n) is 3.37. The van der Waals surface area contributed by atoms with Crippen molar-refractivity contribution >= 4 is 38.7 Å². The topological polar surface area (TPSA) is 92.0 Å². The van der Waals surface area contributed by atoms with Crippen LogP contribution in [0.2, 0.25) is 0 Å². The minimum absolute atomic E-state index is 0.309. The number of fused-ring (bicyclic) bond motifs is 1. The van der Waals surface area contributed by atoms with Crippen LogP contribution in [0.3, 0.4) is 0 Å². The van der Waals surface area contributed by atoms with E-state index >= 15 is 0 Å². The summed E-state index contributed by atoms with van der Waals surface area (Å²) in [7, 11) is 3.04. The van der Waals surface area contributed by atoms with E-state index in [1.807, 2.05) is 0 Å². The van der Waals surface area contributed by atoms with Crippen molar-refractivity contribution in [3.8, 4) is 11.5 Å². The molecule has 0 N–H and O–H groups in total. The number of carbonyl (C=O) groups is 2. The predicted octanol–water partition coefficient (Wildman–Crippen LogP) is 5.35. The van der Waals surface area contributed by atoms with Crippen LogP contribution in [0, 0.1) is 0 Å². The number of rotatable bonds is 7. The molecule has 0 saturated heterocycles. The van der Waals surface area contributed by atoms with Crippen molar-refractivity contribution in [3.05, 3.63) is 104 Å². The van der Waals surface area contributed by atoms with Crippen molar-refractivity contribution < 1.29 is 28.2 Å². The largest absolute Gasteiger partial charge is 0.497 e. The SMILES string of the molecule is COc1ccc(C(=O)C(OC(=O)c2cc3cc(Br)ccc3oc2=O)c2ccc(OC)cc2)cc1. The maximum atomic E-state index is 13.4. The third kappa shape index (κ3) is 4.87. The summed E-state index contributed by atoms with van der Waals surface area (Å²) in [5, 5.41) is 0.531. The number of Topliss-reactive ketones (excluding diaryl/α,β-unsaturated/α-hetero) is 1. The first-order chi connectivity index (χ1) is 16.4. The molecule has 0 aliphatic rings. The van der Waals surface area contributed by atoms with E-state index in [0.29, 0.717) is 33.6 Å². The highest BCUT2D eigenvalue weighted by atomic mass is 79.9. The van der Waals surface area contributed by atoms with Gasteiger partial charge in [0.1, 0.15) is 22.6 Å². The van der Waals surface area contributed by atoms with Gasteiger partial charge in [0, 0.05) is 21.0 Å². The standard InChI is InChI=1S/C26H19BrO7/c1-31-19-8-3-15(4-9-19)23(28)24(16-5-10-20(32-2)11-6-16)34-26(30)21-14-17-13-18(27)7-12-22(17)33-25(21)29/h3-14,24H,1-2H3. The molecule has 1 aromatic heterocycles. The Morgan fingerprint density at radius 1 is 0.853 bits per heavy atom. The van der Waals surface area contributed by atoms with Crippen molar-refractivity contribution in [1.29, 1.82) is 0 Å². The molecule has 4 rings (SSSR count). The van der Waals surface area contributed by atoms with Gasteiger partial charge in [-0.2, -0.15) is 0 Å². The highest BCUT2D eigenvalue weighted by Crippen LogP contribution is 2.27. The van der Waals surface area contributed by atoms with Gasteiger partial charge in [0.05, 0.1) is 14.2 Å². The zero-order valence-corrected chi connectivity index (χ0v) is 19.8. The smallest absolute Gasteiger partial charge is 0.351 e. The Morgan fingerprint density at radius 2 is 1.47 bits per heavy atom. The van der Waals surface area contributed by atoms with Crippen LogP contribution in [-0.2, 0) is 4.74 Å². The lowest BCUT2D eigenvalue weighted by Crippen LogP contribution is -2.23. The summed E-state index contributed by atoms with van der Waals surface area (Å²) < 4.78 is 21.9. The van der Waals surface area contributed by atoms with Gasteiger partial charge in [0.2, 0.25) is 5.78 Å². The van der Waals surface area contributed by atoms with Crippen molar-refractivity contribution in [1.82, 2.24) is 0 Å². The number of ether oxygens (including phenoxy) is 3. The lowest BCUT2D eigenvalue weighted by Gasteiger charge is -2.18. The third-order valence-corrected chi connectivity index (χ3v) is 5.66. The lowest BCUT2D eigenvalue weighted by molar-refractivity contribution is 0.0276. The van der Waals surface area contributed by atoms with Crippen LogP contribution in [0.1, 0.15) is 32.4 Å². The molecule has 0 amide bonds. The molecule has 0 spiro atoms. The van der Waals surface area contributed by atoms with Crippen molar-refractivity contribution in [2.75, 3.05) is 14.2 Å². The number of methoxy groups -OCH3 is 2. The molecular formula is C26H19BrO7. The summed E-state index contributed by atoms with van der Waals surface area (Å²) in [6, 6.07) is 19.4. The Labute approximate surface area is 203 Å². The van der Waals surface area contributed by atoms with Gasteiger partial charge in [-0.3, -0.25) is 4.79 Å². The Balaban J connectivity index is 1.71. The van der Waals surface area contributed by atoms with E-state index in [-0.39, 0.29) is 5.56 Å². The predicted molar refractivity (Wildman–Crippen MR) is 129 cm³/mol. The van der Waals surface area contributed by atoms with Crippen LogP contribution in [0.15, 0.2) is 86.5 Å². The second-order valence-corrected chi connectivity index (χ2v) is 8.20. The maximum absolute atomic E-state index is 13.4. The van der Waals surface area contributed by atoms with E-state index in [1.54, 1.807) is 66.7 Å². The Morgan fingerprint density at radius 3 is 2.09 bits per heavy atom. The summed E-state index contributed by atoms with van der Waals surface area (Å²) in [6.45, 7) is 0. The van der Waals surface area contributed by atoms with Gasteiger partial charge in [-0.25, -0.2) is 9.59 Å². The molecular weight excluding hydrogens is 504 g/mol. The number of hydrogen-bond acceptors (Lipinski definition) is 7. The minimum Gasteiger partial charge on any atom is -0.497 e. The van der Waals surface area contributed by atoms with E-state index in [4.69, 9.17) is 18.6 Å². The first-order valence-corrected chi connectivity index (χ1v) is 11.0. The van der Waals surface area contributed by atoms with Crippen LogP contribution in [0.4, 0.5) is 0 Å². The van der Waals surface area contributed by atoms with Gasteiger partial charge < -0.3 is 18.6 Å². The average molecular weight is 523 g/mol. The van der Waals surface area contributed by atoms with Gasteiger partial charge in [0.15, 0.2) is 6.10 Å². The molecule has 0 aliphatic carbocycles. The lowest BCUT2D eigenvalue weighted by atomic mass is 9.99. The van der Waals surface area contributed by atoms with Gasteiger partial charge in [-0.15, -0.1) is 0 Å². The van der Waals surface area contributed by atoms with E-state index in [2.05, 4.69) is 15.9 Å². The quantitative estimate of drug-likeness (QED) is 0.183. The summed E-state index contributed by atoms with van der Waals surface area (Å²) in [5.41, 5.74) is -0.116. The molecule has 3 aromatic carbocycles. The zero-order chi connectivity index (χ0) is 24.2. The van der Waals surface area contributed by atoms with Crippen LogP contribution in [-0.4, -0.2) is 26.0 Å². The first-order valence-electron chi connectivity index (χ1n) is 10.2. The summed E-state index contributed by atoms with van der Waals surface area (Å²) in [5.74, 6) is -0.284. The Hall–Kier alpha value is -3.91. The number of ketones is 1. The Kier molecular flexibility index (Phi) is 6.79. The highest BCUT2D eigenvalue weighted by molar-refractivity contribution is 9.10. The molecule has 7 nitrogen and oxygen atoms in total. The van der Waals surface area contributed by atoms with Gasteiger partial charge >= 0.3 is 11.6 Å². The van der Waals surface area contributed by atoms with Crippen molar-refractivity contribution in [2.45, 2.75) is 6.10 Å². The number of halogens is 1. The monoisotopic (exact) mass is 522 g/mol.